The third-order valence-corrected chi connectivity index (χ3v) is 3.33. The first kappa shape index (κ1) is 9.93. The molecular formula is C10H18N2O2. The van der Waals surface area contributed by atoms with E-state index >= 15 is 0 Å². The summed E-state index contributed by atoms with van der Waals surface area (Å²) in [5.41, 5.74) is -0.201. The van der Waals surface area contributed by atoms with Gasteiger partial charge in [-0.05, 0) is 12.8 Å². The molecule has 1 saturated heterocycles. The van der Waals surface area contributed by atoms with E-state index < -0.39 is 0 Å². The number of nitrogens with zero attached hydrogens (tertiary/aromatic N) is 1. The van der Waals surface area contributed by atoms with Gasteiger partial charge in [-0.3, -0.25) is 10.1 Å². The van der Waals surface area contributed by atoms with Crippen molar-refractivity contribution in [2.24, 2.45) is 0 Å². The second kappa shape index (κ2) is 3.87. The van der Waals surface area contributed by atoms with Crippen molar-refractivity contribution >= 4 is 5.91 Å². The molecule has 2 fully saturated rings. The minimum atomic E-state index is -0.201. The highest BCUT2D eigenvalue weighted by molar-refractivity contribution is 5.88. The monoisotopic (exact) mass is 198 g/mol. The summed E-state index contributed by atoms with van der Waals surface area (Å²) in [5.74, 6) is 0.284. The Balaban J connectivity index is 1.96. The van der Waals surface area contributed by atoms with Crippen LogP contribution in [0.3, 0.4) is 0 Å². The Morgan fingerprint density at radius 3 is 2.86 bits per heavy atom. The molecule has 0 unspecified atom stereocenters. The zero-order valence-corrected chi connectivity index (χ0v) is 8.71. The largest absolute Gasteiger partial charge is 0.383 e. The van der Waals surface area contributed by atoms with Crippen LogP contribution < -0.4 is 5.32 Å². The maximum atomic E-state index is 12.0. The summed E-state index contributed by atoms with van der Waals surface area (Å²) in [4.78, 5) is 13.9. The van der Waals surface area contributed by atoms with Gasteiger partial charge in [0, 0.05) is 13.7 Å². The molecule has 0 aromatic carbocycles. The number of hydrogen-bond acceptors (Lipinski definition) is 3. The number of methoxy groups -OCH3 is 1. The fourth-order valence-corrected chi connectivity index (χ4v) is 2.45. The molecule has 2 aliphatic rings. The molecule has 4 nitrogen and oxygen atoms in total. The first-order valence-electron chi connectivity index (χ1n) is 5.32. The smallest absolute Gasteiger partial charge is 0.244 e. The minimum Gasteiger partial charge on any atom is -0.383 e. The van der Waals surface area contributed by atoms with Crippen LogP contribution in [0.15, 0.2) is 0 Å². The lowest BCUT2D eigenvalue weighted by molar-refractivity contribution is -0.132. The highest BCUT2D eigenvalue weighted by Gasteiger charge is 2.47. The minimum absolute atomic E-state index is 0.201. The summed E-state index contributed by atoms with van der Waals surface area (Å²) in [6, 6.07) is 0. The molecule has 2 rings (SSSR count). The molecule has 1 heterocycles. The Morgan fingerprint density at radius 1 is 1.50 bits per heavy atom. The van der Waals surface area contributed by atoms with E-state index in [0.29, 0.717) is 19.8 Å². The molecule has 0 aromatic rings. The third-order valence-electron chi connectivity index (χ3n) is 3.33. The second-order valence-corrected chi connectivity index (χ2v) is 4.19. The van der Waals surface area contributed by atoms with E-state index in [2.05, 4.69) is 5.32 Å². The summed E-state index contributed by atoms with van der Waals surface area (Å²) >= 11 is 0. The summed E-state index contributed by atoms with van der Waals surface area (Å²) in [5, 5.41) is 3.36. The van der Waals surface area contributed by atoms with Gasteiger partial charge in [-0.15, -0.1) is 0 Å². The van der Waals surface area contributed by atoms with Gasteiger partial charge in [-0.1, -0.05) is 12.8 Å². The molecule has 1 aliphatic carbocycles. The lowest BCUT2D eigenvalue weighted by atomic mass is 9.98. The quantitative estimate of drug-likeness (QED) is 0.711. The van der Waals surface area contributed by atoms with Crippen LogP contribution in [-0.2, 0) is 9.53 Å². The number of hydrogen-bond donors (Lipinski definition) is 1. The zero-order chi connectivity index (χ0) is 10.0. The molecule has 1 N–H and O–H groups in total. The predicted molar refractivity (Wildman–Crippen MR) is 52.8 cm³/mol. The van der Waals surface area contributed by atoms with E-state index in [4.69, 9.17) is 4.74 Å². The van der Waals surface area contributed by atoms with Crippen LogP contribution in [0, 0.1) is 0 Å². The molecule has 1 spiro atoms. The van der Waals surface area contributed by atoms with Crippen molar-refractivity contribution in [3.8, 4) is 0 Å². The SMILES string of the molecule is COCCN1CNC2(CCCC2)C1=O. The van der Waals surface area contributed by atoms with E-state index in [9.17, 15) is 4.79 Å². The highest BCUT2D eigenvalue weighted by Crippen LogP contribution is 2.34. The van der Waals surface area contributed by atoms with Crippen LogP contribution in [-0.4, -0.2) is 43.3 Å². The van der Waals surface area contributed by atoms with Gasteiger partial charge in [0.1, 0.15) is 0 Å². The first-order chi connectivity index (χ1) is 6.78. The summed E-state index contributed by atoms with van der Waals surface area (Å²) < 4.78 is 4.98. The maximum Gasteiger partial charge on any atom is 0.244 e. The normalized spacial score (nSPS) is 25.2. The molecule has 1 amide bonds. The number of ether oxygens (including phenoxy) is 1. The number of rotatable bonds is 3. The molecule has 80 valence electrons. The van der Waals surface area contributed by atoms with Crippen molar-refractivity contribution in [3.63, 3.8) is 0 Å². The van der Waals surface area contributed by atoms with Crippen molar-refractivity contribution in [1.29, 1.82) is 0 Å². The molecule has 0 atom stereocenters. The van der Waals surface area contributed by atoms with Crippen molar-refractivity contribution in [2.45, 2.75) is 31.2 Å². The predicted octanol–water partition coefficient (Wildman–Crippen LogP) is 0.335. The van der Waals surface area contributed by atoms with Crippen molar-refractivity contribution in [3.05, 3.63) is 0 Å². The number of carbonyl (C=O) groups is 1. The fourth-order valence-electron chi connectivity index (χ4n) is 2.45. The molecule has 14 heavy (non-hydrogen) atoms. The molecule has 0 radical (unpaired) electrons. The van der Waals surface area contributed by atoms with Crippen molar-refractivity contribution in [2.75, 3.05) is 26.9 Å². The molecular weight excluding hydrogens is 180 g/mol. The highest BCUT2D eigenvalue weighted by atomic mass is 16.5. The lowest BCUT2D eigenvalue weighted by Gasteiger charge is -2.21. The Kier molecular flexibility index (Phi) is 2.74. The molecule has 1 aliphatic heterocycles. The Labute approximate surface area is 84.6 Å². The lowest BCUT2D eigenvalue weighted by Crippen LogP contribution is -2.44. The van der Waals surface area contributed by atoms with Crippen molar-refractivity contribution in [1.82, 2.24) is 10.2 Å². The Bertz CT molecular complexity index is 224. The van der Waals surface area contributed by atoms with Gasteiger partial charge in [-0.2, -0.15) is 0 Å². The van der Waals surface area contributed by atoms with Gasteiger partial charge in [0.15, 0.2) is 0 Å². The second-order valence-electron chi connectivity index (χ2n) is 4.19. The summed E-state index contributed by atoms with van der Waals surface area (Å²) in [6.07, 6.45) is 4.37. The van der Waals surface area contributed by atoms with Gasteiger partial charge in [-0.25, -0.2) is 0 Å². The Hall–Kier alpha value is -0.610. The number of nitrogens with one attached hydrogen (secondary N) is 1. The summed E-state index contributed by atoms with van der Waals surface area (Å²) in [6.45, 7) is 2.04. The maximum absolute atomic E-state index is 12.0. The van der Waals surface area contributed by atoms with E-state index in [1.807, 2.05) is 4.90 Å². The van der Waals surface area contributed by atoms with Crippen LogP contribution in [0.2, 0.25) is 0 Å². The number of amides is 1. The van der Waals surface area contributed by atoms with Crippen LogP contribution >= 0.6 is 0 Å². The molecule has 1 saturated carbocycles. The van der Waals surface area contributed by atoms with Gasteiger partial charge in [0.2, 0.25) is 5.91 Å². The van der Waals surface area contributed by atoms with Gasteiger partial charge in [0.05, 0.1) is 18.8 Å². The Morgan fingerprint density at radius 2 is 2.21 bits per heavy atom. The molecule has 4 heteroatoms. The van der Waals surface area contributed by atoms with E-state index in [1.54, 1.807) is 7.11 Å². The van der Waals surface area contributed by atoms with Gasteiger partial charge < -0.3 is 9.64 Å². The topological polar surface area (TPSA) is 41.6 Å². The zero-order valence-electron chi connectivity index (χ0n) is 8.71. The van der Waals surface area contributed by atoms with E-state index in [0.717, 1.165) is 12.8 Å². The summed E-state index contributed by atoms with van der Waals surface area (Å²) in [7, 11) is 1.67. The van der Waals surface area contributed by atoms with Crippen molar-refractivity contribution < 1.29 is 9.53 Å². The fraction of sp³-hybridized carbons (Fsp3) is 0.900. The van der Waals surface area contributed by atoms with Crippen LogP contribution in [0.5, 0.6) is 0 Å². The average Bonchev–Trinajstić information content (AvgIpc) is 2.77. The van der Waals surface area contributed by atoms with Gasteiger partial charge in [0.25, 0.3) is 0 Å². The van der Waals surface area contributed by atoms with Crippen LogP contribution in [0.25, 0.3) is 0 Å². The van der Waals surface area contributed by atoms with E-state index in [-0.39, 0.29) is 11.4 Å². The van der Waals surface area contributed by atoms with Crippen LogP contribution in [0.1, 0.15) is 25.7 Å². The third kappa shape index (κ3) is 1.53. The first-order valence-corrected chi connectivity index (χ1v) is 5.32. The molecule has 0 aromatic heterocycles. The standard InChI is InChI=1S/C10H18N2O2/c1-14-7-6-12-8-11-10(9(12)13)4-2-3-5-10/h11H,2-8H2,1H3. The van der Waals surface area contributed by atoms with E-state index in [1.165, 1.54) is 12.8 Å². The van der Waals surface area contributed by atoms with Crippen LogP contribution in [0.4, 0.5) is 0 Å². The van der Waals surface area contributed by atoms with Gasteiger partial charge >= 0.3 is 0 Å². The molecule has 0 bridgehead atoms. The number of carbonyl (C=O) groups excluding carboxylic acids is 1. The average molecular weight is 198 g/mol.